The third-order valence-corrected chi connectivity index (χ3v) is 4.54. The molecule has 0 saturated heterocycles. The van der Waals surface area contributed by atoms with Crippen molar-refractivity contribution in [3.05, 3.63) is 29.8 Å². The molecule has 1 aromatic carbocycles. The molecule has 0 spiro atoms. The van der Waals surface area contributed by atoms with E-state index in [1.54, 1.807) is 0 Å². The zero-order valence-electron chi connectivity index (χ0n) is 11.4. The first-order chi connectivity index (χ1) is 9.22. The molecule has 2 aliphatic carbocycles. The Kier molecular flexibility index (Phi) is 3.45. The van der Waals surface area contributed by atoms with E-state index in [9.17, 15) is 4.79 Å². The minimum absolute atomic E-state index is 0.0146. The topological polar surface area (TPSA) is 38.3 Å². The van der Waals surface area contributed by atoms with Gasteiger partial charge in [0.25, 0.3) is 5.91 Å². The molecule has 3 rings (SSSR count). The lowest BCUT2D eigenvalue weighted by molar-refractivity contribution is -0.124. The quantitative estimate of drug-likeness (QED) is 0.902. The minimum Gasteiger partial charge on any atom is -0.484 e. The summed E-state index contributed by atoms with van der Waals surface area (Å²) in [6.07, 6.45) is 5.12. The molecule has 2 saturated carbocycles. The number of para-hydroxylation sites is 1. The van der Waals surface area contributed by atoms with Crippen molar-refractivity contribution in [2.45, 2.75) is 38.6 Å². The highest BCUT2D eigenvalue weighted by molar-refractivity contribution is 5.78. The summed E-state index contributed by atoms with van der Waals surface area (Å²) in [4.78, 5) is 11.9. The van der Waals surface area contributed by atoms with E-state index in [1.165, 1.54) is 25.7 Å². The van der Waals surface area contributed by atoms with Crippen molar-refractivity contribution in [3.63, 3.8) is 0 Å². The molecule has 1 N–H and O–H groups in total. The average molecular weight is 259 g/mol. The van der Waals surface area contributed by atoms with Gasteiger partial charge in [-0.3, -0.25) is 4.79 Å². The SMILES string of the molecule is Cc1ccccc1OCC(=O)N[C@@H]1C[C@H]2CC[C@H]1C2. The first-order valence-corrected chi connectivity index (χ1v) is 7.20. The second kappa shape index (κ2) is 5.24. The van der Waals surface area contributed by atoms with Crippen molar-refractivity contribution in [2.24, 2.45) is 11.8 Å². The van der Waals surface area contributed by atoms with Gasteiger partial charge in [-0.25, -0.2) is 0 Å². The number of carbonyl (C=O) groups is 1. The summed E-state index contributed by atoms with van der Waals surface area (Å²) < 4.78 is 5.58. The van der Waals surface area contributed by atoms with Gasteiger partial charge in [0.2, 0.25) is 0 Å². The standard InChI is InChI=1S/C16H21NO2/c1-11-4-2-3-5-15(11)19-10-16(18)17-14-9-12-6-7-13(14)8-12/h2-5,12-14H,6-10H2,1H3,(H,17,18)/t12-,13-,14+/m0/s1. The van der Waals surface area contributed by atoms with Gasteiger partial charge in [-0.2, -0.15) is 0 Å². The predicted molar refractivity (Wildman–Crippen MR) is 74.1 cm³/mol. The molecule has 3 atom stereocenters. The molecule has 19 heavy (non-hydrogen) atoms. The van der Waals surface area contributed by atoms with Gasteiger partial charge in [0.15, 0.2) is 6.61 Å². The van der Waals surface area contributed by atoms with Crippen molar-refractivity contribution in [1.29, 1.82) is 0 Å². The maximum absolute atomic E-state index is 11.9. The van der Waals surface area contributed by atoms with Crippen molar-refractivity contribution in [1.82, 2.24) is 5.32 Å². The summed E-state index contributed by atoms with van der Waals surface area (Å²) >= 11 is 0. The smallest absolute Gasteiger partial charge is 0.258 e. The summed E-state index contributed by atoms with van der Waals surface area (Å²) in [7, 11) is 0. The number of fused-ring (bicyclic) bond motifs is 2. The average Bonchev–Trinajstić information content (AvgIpc) is 3.00. The fourth-order valence-corrected chi connectivity index (χ4v) is 3.53. The molecule has 3 nitrogen and oxygen atoms in total. The van der Waals surface area contributed by atoms with Crippen LogP contribution in [0.15, 0.2) is 24.3 Å². The molecule has 0 radical (unpaired) electrons. The number of hydrogen-bond donors (Lipinski definition) is 1. The summed E-state index contributed by atoms with van der Waals surface area (Å²) in [5, 5.41) is 3.14. The van der Waals surface area contributed by atoms with Crippen LogP contribution in [0, 0.1) is 18.8 Å². The second-order valence-electron chi connectivity index (χ2n) is 5.90. The highest BCUT2D eigenvalue weighted by Gasteiger charge is 2.40. The number of amides is 1. The van der Waals surface area contributed by atoms with Crippen molar-refractivity contribution >= 4 is 5.91 Å². The number of benzene rings is 1. The monoisotopic (exact) mass is 259 g/mol. The number of ether oxygens (including phenoxy) is 1. The molecule has 102 valence electrons. The number of rotatable bonds is 4. The Morgan fingerprint density at radius 2 is 2.16 bits per heavy atom. The summed E-state index contributed by atoms with van der Waals surface area (Å²) in [6, 6.07) is 8.18. The Labute approximate surface area is 114 Å². The minimum atomic E-state index is 0.0146. The summed E-state index contributed by atoms with van der Waals surface area (Å²) in [5.41, 5.74) is 1.07. The van der Waals surface area contributed by atoms with Crippen LogP contribution >= 0.6 is 0 Å². The van der Waals surface area contributed by atoms with Gasteiger partial charge in [0, 0.05) is 6.04 Å². The van der Waals surface area contributed by atoms with Crippen LogP contribution in [-0.2, 0) is 4.79 Å². The number of aryl methyl sites for hydroxylation is 1. The van der Waals surface area contributed by atoms with Gasteiger partial charge in [-0.1, -0.05) is 24.6 Å². The Hall–Kier alpha value is -1.51. The van der Waals surface area contributed by atoms with E-state index >= 15 is 0 Å². The Balaban J connectivity index is 1.48. The van der Waals surface area contributed by atoms with Gasteiger partial charge in [-0.05, 0) is 49.7 Å². The number of nitrogens with one attached hydrogen (secondary N) is 1. The third-order valence-electron chi connectivity index (χ3n) is 4.54. The Morgan fingerprint density at radius 3 is 2.84 bits per heavy atom. The van der Waals surface area contributed by atoms with Crippen molar-refractivity contribution < 1.29 is 9.53 Å². The maximum atomic E-state index is 11.9. The lowest BCUT2D eigenvalue weighted by Gasteiger charge is -2.22. The van der Waals surface area contributed by atoms with Crippen LogP contribution in [0.2, 0.25) is 0 Å². The van der Waals surface area contributed by atoms with E-state index < -0.39 is 0 Å². The van der Waals surface area contributed by atoms with E-state index in [4.69, 9.17) is 4.74 Å². The van der Waals surface area contributed by atoms with Crippen LogP contribution in [-0.4, -0.2) is 18.6 Å². The molecule has 2 aliphatic rings. The van der Waals surface area contributed by atoms with Gasteiger partial charge in [0.1, 0.15) is 5.75 Å². The van der Waals surface area contributed by atoms with Gasteiger partial charge in [-0.15, -0.1) is 0 Å². The van der Waals surface area contributed by atoms with Crippen LogP contribution in [0.4, 0.5) is 0 Å². The van der Waals surface area contributed by atoms with E-state index in [-0.39, 0.29) is 12.5 Å². The first kappa shape index (κ1) is 12.5. The maximum Gasteiger partial charge on any atom is 0.258 e. The van der Waals surface area contributed by atoms with E-state index in [0.29, 0.717) is 12.0 Å². The van der Waals surface area contributed by atoms with Crippen LogP contribution in [0.5, 0.6) is 5.75 Å². The number of carbonyl (C=O) groups excluding carboxylic acids is 1. The summed E-state index contributed by atoms with van der Waals surface area (Å²) in [5.74, 6) is 2.38. The highest BCUT2D eigenvalue weighted by atomic mass is 16.5. The molecule has 2 fully saturated rings. The zero-order valence-corrected chi connectivity index (χ0v) is 11.4. The molecular formula is C16H21NO2. The molecule has 0 heterocycles. The van der Waals surface area contributed by atoms with E-state index in [1.807, 2.05) is 31.2 Å². The molecule has 1 aromatic rings. The largest absolute Gasteiger partial charge is 0.484 e. The summed E-state index contributed by atoms with van der Waals surface area (Å²) in [6.45, 7) is 2.11. The van der Waals surface area contributed by atoms with Crippen LogP contribution < -0.4 is 10.1 Å². The lowest BCUT2D eigenvalue weighted by Crippen LogP contribution is -2.40. The predicted octanol–water partition coefficient (Wildman–Crippen LogP) is 2.68. The number of hydrogen-bond acceptors (Lipinski definition) is 2. The fraction of sp³-hybridized carbons (Fsp3) is 0.562. The first-order valence-electron chi connectivity index (χ1n) is 7.20. The molecule has 0 aromatic heterocycles. The van der Waals surface area contributed by atoms with Crippen LogP contribution in [0.3, 0.4) is 0 Å². The molecule has 1 amide bonds. The van der Waals surface area contributed by atoms with E-state index in [0.717, 1.165) is 17.2 Å². The van der Waals surface area contributed by atoms with Gasteiger partial charge >= 0.3 is 0 Å². The molecule has 0 aliphatic heterocycles. The third kappa shape index (κ3) is 2.75. The molecule has 0 unspecified atom stereocenters. The Morgan fingerprint density at radius 1 is 1.32 bits per heavy atom. The van der Waals surface area contributed by atoms with Crippen molar-refractivity contribution in [3.8, 4) is 5.75 Å². The lowest BCUT2D eigenvalue weighted by atomic mass is 9.95. The van der Waals surface area contributed by atoms with E-state index in [2.05, 4.69) is 5.32 Å². The van der Waals surface area contributed by atoms with Gasteiger partial charge in [0.05, 0.1) is 0 Å². The van der Waals surface area contributed by atoms with Gasteiger partial charge < -0.3 is 10.1 Å². The molecule has 2 bridgehead atoms. The Bertz CT molecular complexity index is 472. The van der Waals surface area contributed by atoms with Crippen LogP contribution in [0.25, 0.3) is 0 Å². The van der Waals surface area contributed by atoms with Crippen molar-refractivity contribution in [2.75, 3.05) is 6.61 Å². The second-order valence-corrected chi connectivity index (χ2v) is 5.90. The zero-order chi connectivity index (χ0) is 13.2. The van der Waals surface area contributed by atoms with Crippen LogP contribution in [0.1, 0.15) is 31.2 Å². The molecule has 3 heteroatoms. The normalized spacial score (nSPS) is 28.4. The highest BCUT2D eigenvalue weighted by Crippen LogP contribution is 2.44. The fourth-order valence-electron chi connectivity index (χ4n) is 3.53. The molecular weight excluding hydrogens is 238 g/mol.